The molecule has 0 bridgehead atoms. The van der Waals surface area contributed by atoms with E-state index in [1.54, 1.807) is 0 Å². The molecule has 1 saturated heterocycles. The Bertz CT molecular complexity index is 685. The number of nitrogens with zero attached hydrogens (tertiary/aromatic N) is 1. The minimum Gasteiger partial charge on any atom is -0.465 e. The van der Waals surface area contributed by atoms with Crippen LogP contribution in [-0.4, -0.2) is 65.7 Å². The Labute approximate surface area is 165 Å². The monoisotopic (exact) mass is 431 g/mol. The number of rotatable bonds is 7. The fraction of sp³-hybridized carbons (Fsp3) is 0.533. The normalized spacial score (nSPS) is 14.8. The summed E-state index contributed by atoms with van der Waals surface area (Å²) in [6.07, 6.45) is 0.627. The summed E-state index contributed by atoms with van der Waals surface area (Å²) < 4.78 is 45.1. The minimum atomic E-state index is -3.99. The van der Waals surface area contributed by atoms with Gasteiger partial charge in [-0.1, -0.05) is 0 Å². The fourth-order valence-electron chi connectivity index (χ4n) is 2.52. The van der Waals surface area contributed by atoms with Gasteiger partial charge in [0.05, 0.1) is 17.6 Å². The number of piperazine rings is 1. The molecule has 1 heterocycles. The van der Waals surface area contributed by atoms with Gasteiger partial charge in [-0.05, 0) is 31.2 Å². The zero-order chi connectivity index (χ0) is 17.6. The first kappa shape index (κ1) is 25.0. The third-order valence-electron chi connectivity index (χ3n) is 3.79. The third-order valence-corrected chi connectivity index (χ3v) is 5.29. The molecule has 1 aliphatic rings. The first-order chi connectivity index (χ1) is 11.4. The number of carbonyl (C=O) groups is 1. The van der Waals surface area contributed by atoms with E-state index >= 15 is 0 Å². The van der Waals surface area contributed by atoms with Crippen LogP contribution >= 0.6 is 24.8 Å². The van der Waals surface area contributed by atoms with Crippen LogP contribution in [-0.2, 0) is 14.8 Å². The molecular formula is C15H24Cl2FN3O4S. The number of hydrogen-bond acceptors (Lipinski definition) is 6. The highest BCUT2D eigenvalue weighted by Crippen LogP contribution is 2.18. The predicted molar refractivity (Wildman–Crippen MR) is 101 cm³/mol. The number of sulfonamides is 1. The molecule has 150 valence electrons. The first-order valence-corrected chi connectivity index (χ1v) is 9.23. The van der Waals surface area contributed by atoms with Crippen molar-refractivity contribution < 1.29 is 22.3 Å². The molecule has 0 unspecified atom stereocenters. The van der Waals surface area contributed by atoms with Gasteiger partial charge in [0, 0.05) is 32.7 Å². The van der Waals surface area contributed by atoms with Crippen molar-refractivity contribution in [3.8, 4) is 0 Å². The topological polar surface area (TPSA) is 87.7 Å². The number of nitrogens with one attached hydrogen (secondary N) is 2. The molecule has 11 heteroatoms. The number of hydrogen-bond donors (Lipinski definition) is 2. The molecule has 0 amide bonds. The highest BCUT2D eigenvalue weighted by atomic mass is 35.5. The molecule has 1 aromatic rings. The fourth-order valence-corrected chi connectivity index (χ4v) is 3.80. The SMILES string of the molecule is COC(=O)c1ccc(F)cc1S(=O)(=O)NCCCN1CCNCC1.Cl.Cl. The van der Waals surface area contributed by atoms with Crippen LogP contribution in [0.25, 0.3) is 0 Å². The lowest BCUT2D eigenvalue weighted by Crippen LogP contribution is -2.44. The van der Waals surface area contributed by atoms with Crippen LogP contribution in [0.2, 0.25) is 0 Å². The summed E-state index contributed by atoms with van der Waals surface area (Å²) in [5.41, 5.74) is -0.187. The van der Waals surface area contributed by atoms with Crippen molar-refractivity contribution in [2.75, 3.05) is 46.4 Å². The molecular weight excluding hydrogens is 408 g/mol. The predicted octanol–water partition coefficient (Wildman–Crippen LogP) is 1.03. The average Bonchev–Trinajstić information content (AvgIpc) is 2.59. The molecule has 0 saturated carbocycles. The van der Waals surface area contributed by atoms with Crippen molar-refractivity contribution >= 4 is 40.8 Å². The van der Waals surface area contributed by atoms with Crippen molar-refractivity contribution in [3.63, 3.8) is 0 Å². The van der Waals surface area contributed by atoms with Gasteiger partial charge in [0.25, 0.3) is 0 Å². The standard InChI is InChI=1S/C15H22FN3O4S.2ClH/c1-23-15(20)13-4-3-12(16)11-14(13)24(21,22)18-5-2-8-19-9-6-17-7-10-19;;/h3-4,11,17-18H,2,5-10H2,1H3;2*1H. The van der Waals surface area contributed by atoms with Crippen LogP contribution in [0.15, 0.2) is 23.1 Å². The summed E-state index contributed by atoms with van der Waals surface area (Å²) in [5, 5.41) is 3.25. The quantitative estimate of drug-likeness (QED) is 0.495. The Balaban J connectivity index is 0.00000312. The molecule has 26 heavy (non-hydrogen) atoms. The summed E-state index contributed by atoms with van der Waals surface area (Å²) in [6.45, 7) is 4.71. The van der Waals surface area contributed by atoms with Gasteiger partial charge in [-0.15, -0.1) is 24.8 Å². The summed E-state index contributed by atoms with van der Waals surface area (Å²) >= 11 is 0. The van der Waals surface area contributed by atoms with Gasteiger partial charge in [-0.3, -0.25) is 0 Å². The van der Waals surface area contributed by atoms with Crippen LogP contribution in [0.5, 0.6) is 0 Å². The van der Waals surface area contributed by atoms with Gasteiger partial charge in [-0.25, -0.2) is 22.3 Å². The molecule has 0 atom stereocenters. The average molecular weight is 432 g/mol. The molecule has 7 nitrogen and oxygen atoms in total. The van der Waals surface area contributed by atoms with Gasteiger partial charge < -0.3 is 15.0 Å². The lowest BCUT2D eigenvalue weighted by atomic mass is 10.2. The van der Waals surface area contributed by atoms with Gasteiger partial charge >= 0.3 is 5.97 Å². The van der Waals surface area contributed by atoms with Crippen LogP contribution < -0.4 is 10.0 Å². The van der Waals surface area contributed by atoms with E-state index in [0.717, 1.165) is 58.0 Å². The number of benzene rings is 1. The molecule has 1 fully saturated rings. The lowest BCUT2D eigenvalue weighted by molar-refractivity contribution is 0.0596. The molecule has 0 aromatic heterocycles. The molecule has 2 N–H and O–H groups in total. The van der Waals surface area contributed by atoms with Crippen LogP contribution in [0, 0.1) is 5.82 Å². The second-order valence-electron chi connectivity index (χ2n) is 5.48. The lowest BCUT2D eigenvalue weighted by Gasteiger charge is -2.27. The van der Waals surface area contributed by atoms with Gasteiger partial charge in [0.2, 0.25) is 10.0 Å². The zero-order valence-electron chi connectivity index (χ0n) is 14.4. The van der Waals surface area contributed by atoms with E-state index in [9.17, 15) is 17.6 Å². The number of methoxy groups -OCH3 is 1. The minimum absolute atomic E-state index is 0. The highest BCUT2D eigenvalue weighted by molar-refractivity contribution is 7.89. The van der Waals surface area contributed by atoms with Crippen molar-refractivity contribution in [1.29, 1.82) is 0 Å². The van der Waals surface area contributed by atoms with E-state index in [0.29, 0.717) is 6.42 Å². The van der Waals surface area contributed by atoms with Crippen molar-refractivity contribution in [1.82, 2.24) is 14.9 Å². The maximum absolute atomic E-state index is 13.4. The van der Waals surface area contributed by atoms with Gasteiger partial charge in [-0.2, -0.15) is 0 Å². The van der Waals surface area contributed by atoms with Crippen molar-refractivity contribution in [3.05, 3.63) is 29.6 Å². The summed E-state index contributed by atoms with van der Waals surface area (Å²) in [6, 6.07) is 2.96. The van der Waals surface area contributed by atoms with E-state index in [1.165, 1.54) is 0 Å². The zero-order valence-corrected chi connectivity index (χ0v) is 16.8. The molecule has 1 aliphatic heterocycles. The Kier molecular flexibility index (Phi) is 11.2. The van der Waals surface area contributed by atoms with Crippen LogP contribution in [0.4, 0.5) is 4.39 Å². The smallest absolute Gasteiger partial charge is 0.339 e. The largest absolute Gasteiger partial charge is 0.465 e. The Morgan fingerprint density at radius 2 is 1.96 bits per heavy atom. The van der Waals surface area contributed by atoms with E-state index in [-0.39, 0.29) is 36.9 Å². The Morgan fingerprint density at radius 3 is 2.58 bits per heavy atom. The Morgan fingerprint density at radius 1 is 1.31 bits per heavy atom. The number of carbonyl (C=O) groups excluding carboxylic acids is 1. The van der Waals surface area contributed by atoms with E-state index in [4.69, 9.17) is 0 Å². The van der Waals surface area contributed by atoms with Crippen LogP contribution in [0.3, 0.4) is 0 Å². The molecule has 0 radical (unpaired) electrons. The summed E-state index contributed by atoms with van der Waals surface area (Å²) in [4.78, 5) is 13.5. The Hall–Kier alpha value is -0.970. The van der Waals surface area contributed by atoms with E-state index < -0.39 is 26.7 Å². The van der Waals surface area contributed by atoms with Crippen molar-refractivity contribution in [2.24, 2.45) is 0 Å². The molecule has 2 rings (SSSR count). The van der Waals surface area contributed by atoms with E-state index in [2.05, 4.69) is 19.7 Å². The second kappa shape index (κ2) is 11.7. The molecule has 0 spiro atoms. The number of ether oxygens (including phenoxy) is 1. The third kappa shape index (κ3) is 6.98. The molecule has 1 aromatic carbocycles. The first-order valence-electron chi connectivity index (χ1n) is 7.74. The van der Waals surface area contributed by atoms with Gasteiger partial charge in [0.1, 0.15) is 5.82 Å². The molecule has 0 aliphatic carbocycles. The maximum Gasteiger partial charge on any atom is 0.339 e. The number of esters is 1. The number of halogens is 3. The second-order valence-corrected chi connectivity index (χ2v) is 7.21. The highest BCUT2D eigenvalue weighted by Gasteiger charge is 2.23. The maximum atomic E-state index is 13.4. The van der Waals surface area contributed by atoms with E-state index in [1.807, 2.05) is 0 Å². The summed E-state index contributed by atoms with van der Waals surface area (Å²) in [5.74, 6) is -1.56. The summed E-state index contributed by atoms with van der Waals surface area (Å²) in [7, 11) is -2.85. The van der Waals surface area contributed by atoms with Gasteiger partial charge in [0.15, 0.2) is 0 Å². The van der Waals surface area contributed by atoms with Crippen LogP contribution in [0.1, 0.15) is 16.8 Å². The van der Waals surface area contributed by atoms with Crippen molar-refractivity contribution in [2.45, 2.75) is 11.3 Å².